The number of allylic oxidation sites excluding steroid dienone is 1. The predicted molar refractivity (Wildman–Crippen MR) is 118 cm³/mol. The molecule has 0 bridgehead atoms. The summed E-state index contributed by atoms with van der Waals surface area (Å²) in [6, 6.07) is 20.0. The van der Waals surface area contributed by atoms with E-state index in [-0.39, 0.29) is 5.56 Å². The van der Waals surface area contributed by atoms with Crippen LogP contribution in [-0.4, -0.2) is 15.9 Å². The van der Waals surface area contributed by atoms with Crippen LogP contribution in [0.1, 0.15) is 17.4 Å². The molecule has 28 heavy (non-hydrogen) atoms. The van der Waals surface area contributed by atoms with Gasteiger partial charge in [0.1, 0.15) is 11.2 Å². The Bertz CT molecular complexity index is 1240. The average molecular weight is 385 g/mol. The molecule has 0 saturated carbocycles. The van der Waals surface area contributed by atoms with Gasteiger partial charge in [-0.3, -0.25) is 4.79 Å². The third kappa shape index (κ3) is 3.57. The molecule has 4 nitrogen and oxygen atoms in total. The normalized spacial score (nSPS) is 12.1. The van der Waals surface area contributed by atoms with E-state index in [1.165, 1.54) is 22.3 Å². The van der Waals surface area contributed by atoms with Crippen LogP contribution in [0.2, 0.25) is 0 Å². The molecule has 0 aliphatic carbocycles. The van der Waals surface area contributed by atoms with E-state index < -0.39 is 0 Å². The van der Waals surface area contributed by atoms with Gasteiger partial charge in [0, 0.05) is 10.4 Å². The number of fused-ring (bicyclic) bond motifs is 1. The summed E-state index contributed by atoms with van der Waals surface area (Å²) in [5.74, 6) is 0. The first-order valence-electron chi connectivity index (χ1n) is 8.97. The molecule has 2 aromatic carbocycles. The number of hydrogen-bond acceptors (Lipinski definition) is 4. The molecular weight excluding hydrogens is 366 g/mol. The van der Waals surface area contributed by atoms with E-state index in [2.05, 4.69) is 10.1 Å². The van der Waals surface area contributed by atoms with Gasteiger partial charge < -0.3 is 0 Å². The van der Waals surface area contributed by atoms with Crippen LogP contribution in [0.4, 0.5) is 0 Å². The first-order chi connectivity index (χ1) is 13.6. The van der Waals surface area contributed by atoms with Crippen LogP contribution in [0.5, 0.6) is 0 Å². The topological polar surface area (TPSA) is 47.2 Å². The Balaban J connectivity index is 1.76. The van der Waals surface area contributed by atoms with Gasteiger partial charge in [0.05, 0.1) is 11.6 Å². The van der Waals surface area contributed by atoms with Crippen molar-refractivity contribution in [3.8, 4) is 11.1 Å². The summed E-state index contributed by atoms with van der Waals surface area (Å²) in [5.41, 5.74) is 3.85. The minimum atomic E-state index is -0.156. The number of thiophene rings is 1. The van der Waals surface area contributed by atoms with Crippen molar-refractivity contribution in [1.29, 1.82) is 0 Å². The molecule has 0 aliphatic rings. The van der Waals surface area contributed by atoms with Crippen LogP contribution in [0, 0.1) is 6.92 Å². The van der Waals surface area contributed by atoms with E-state index in [1.54, 1.807) is 6.21 Å². The molecule has 2 aromatic heterocycles. The van der Waals surface area contributed by atoms with Crippen molar-refractivity contribution in [1.82, 2.24) is 9.66 Å². The second-order valence-electron chi connectivity index (χ2n) is 6.52. The maximum absolute atomic E-state index is 13.1. The number of rotatable bonds is 4. The molecule has 0 spiro atoms. The SMILES string of the molecule is CC(/C=N\n1cnc2sc(C)c(-c3ccccc3)c2c1=O)=C\c1ccccc1. The number of nitrogens with zero attached hydrogens (tertiary/aromatic N) is 3. The van der Waals surface area contributed by atoms with Gasteiger partial charge in [0.2, 0.25) is 0 Å². The quantitative estimate of drug-likeness (QED) is 0.443. The summed E-state index contributed by atoms with van der Waals surface area (Å²) >= 11 is 1.53. The van der Waals surface area contributed by atoms with Gasteiger partial charge in [-0.25, -0.2) is 4.98 Å². The summed E-state index contributed by atoms with van der Waals surface area (Å²) < 4.78 is 1.31. The van der Waals surface area contributed by atoms with Crippen LogP contribution in [-0.2, 0) is 0 Å². The fourth-order valence-electron chi connectivity index (χ4n) is 3.13. The zero-order valence-corrected chi connectivity index (χ0v) is 16.5. The molecule has 0 aliphatic heterocycles. The van der Waals surface area contributed by atoms with Crippen molar-refractivity contribution >= 4 is 33.8 Å². The lowest BCUT2D eigenvalue weighted by Crippen LogP contribution is -2.16. The average Bonchev–Trinajstić information content (AvgIpc) is 3.05. The minimum absolute atomic E-state index is 0.156. The van der Waals surface area contributed by atoms with E-state index in [1.807, 2.05) is 80.6 Å². The van der Waals surface area contributed by atoms with Crippen LogP contribution in [0.25, 0.3) is 27.4 Å². The van der Waals surface area contributed by atoms with E-state index in [0.29, 0.717) is 5.39 Å². The van der Waals surface area contributed by atoms with Gasteiger partial charge in [-0.2, -0.15) is 9.78 Å². The van der Waals surface area contributed by atoms with Crippen molar-refractivity contribution in [2.45, 2.75) is 13.8 Å². The van der Waals surface area contributed by atoms with Crippen LogP contribution in [0.3, 0.4) is 0 Å². The largest absolute Gasteiger partial charge is 0.283 e. The molecule has 0 radical (unpaired) electrons. The standard InChI is InChI=1S/C23H19N3OS/c1-16(13-18-9-5-3-6-10-18)14-25-26-15-24-22-21(23(26)27)20(17(2)28-22)19-11-7-4-8-12-19/h3-15H,1-2H3/b16-13+,25-14-. The van der Waals surface area contributed by atoms with Gasteiger partial charge in [-0.15, -0.1) is 11.3 Å². The monoisotopic (exact) mass is 385 g/mol. The highest BCUT2D eigenvalue weighted by Crippen LogP contribution is 2.35. The second kappa shape index (κ2) is 7.74. The fraction of sp³-hybridized carbons (Fsp3) is 0.0870. The maximum atomic E-state index is 13.1. The molecule has 4 rings (SSSR count). The molecule has 5 heteroatoms. The Labute approximate surface area is 167 Å². The molecular formula is C23H19N3OS. The molecule has 0 N–H and O–H groups in total. The fourth-order valence-corrected chi connectivity index (χ4v) is 4.13. The lowest BCUT2D eigenvalue weighted by atomic mass is 10.0. The van der Waals surface area contributed by atoms with Crippen molar-refractivity contribution in [3.05, 3.63) is 93.4 Å². The first-order valence-corrected chi connectivity index (χ1v) is 9.79. The summed E-state index contributed by atoms with van der Waals surface area (Å²) in [7, 11) is 0. The highest BCUT2D eigenvalue weighted by Gasteiger charge is 2.16. The molecule has 4 aromatic rings. The maximum Gasteiger partial charge on any atom is 0.283 e. The number of aryl methyl sites for hydroxylation is 1. The van der Waals surface area contributed by atoms with Gasteiger partial charge >= 0.3 is 0 Å². The van der Waals surface area contributed by atoms with E-state index in [4.69, 9.17) is 0 Å². The van der Waals surface area contributed by atoms with Crippen molar-refractivity contribution in [3.63, 3.8) is 0 Å². The van der Waals surface area contributed by atoms with E-state index in [0.717, 1.165) is 32.0 Å². The molecule has 138 valence electrons. The number of benzene rings is 2. The van der Waals surface area contributed by atoms with Gasteiger partial charge in [-0.05, 0) is 30.5 Å². The predicted octanol–water partition coefficient (Wildman–Crippen LogP) is 5.37. The second-order valence-corrected chi connectivity index (χ2v) is 7.72. The Kier molecular flexibility index (Phi) is 5.00. The number of aromatic nitrogens is 2. The van der Waals surface area contributed by atoms with Gasteiger partial charge in [-0.1, -0.05) is 66.7 Å². The van der Waals surface area contributed by atoms with Crippen LogP contribution < -0.4 is 5.56 Å². The Hall–Kier alpha value is -3.31. The van der Waals surface area contributed by atoms with Crippen molar-refractivity contribution in [2.24, 2.45) is 5.10 Å². The molecule has 0 unspecified atom stereocenters. The minimum Gasteiger partial charge on any atom is -0.267 e. The van der Waals surface area contributed by atoms with Gasteiger partial charge in [0.15, 0.2) is 0 Å². The molecule has 0 fully saturated rings. The number of hydrogen-bond donors (Lipinski definition) is 0. The zero-order chi connectivity index (χ0) is 19.5. The first kappa shape index (κ1) is 18.1. The van der Waals surface area contributed by atoms with Crippen LogP contribution in [0.15, 0.2) is 82.5 Å². The smallest absolute Gasteiger partial charge is 0.267 e. The Morgan fingerprint density at radius 1 is 1.07 bits per heavy atom. The lowest BCUT2D eigenvalue weighted by Gasteiger charge is -2.02. The zero-order valence-electron chi connectivity index (χ0n) is 15.7. The lowest BCUT2D eigenvalue weighted by molar-refractivity contribution is 0.818. The van der Waals surface area contributed by atoms with E-state index in [9.17, 15) is 4.79 Å². The molecule has 0 atom stereocenters. The molecule has 0 amide bonds. The van der Waals surface area contributed by atoms with Crippen molar-refractivity contribution < 1.29 is 0 Å². The Morgan fingerprint density at radius 2 is 1.75 bits per heavy atom. The summed E-state index contributed by atoms with van der Waals surface area (Å²) in [5, 5.41) is 4.97. The van der Waals surface area contributed by atoms with Gasteiger partial charge in [0.25, 0.3) is 5.56 Å². The third-order valence-corrected chi connectivity index (χ3v) is 5.43. The summed E-state index contributed by atoms with van der Waals surface area (Å²) in [6.45, 7) is 3.98. The summed E-state index contributed by atoms with van der Waals surface area (Å²) in [4.78, 5) is 19.4. The van der Waals surface area contributed by atoms with Crippen LogP contribution >= 0.6 is 11.3 Å². The Morgan fingerprint density at radius 3 is 2.46 bits per heavy atom. The molecule has 0 saturated heterocycles. The third-order valence-electron chi connectivity index (χ3n) is 4.41. The molecule has 2 heterocycles. The highest BCUT2D eigenvalue weighted by atomic mass is 32.1. The van der Waals surface area contributed by atoms with Crippen molar-refractivity contribution in [2.75, 3.05) is 0 Å². The summed E-state index contributed by atoms with van der Waals surface area (Å²) in [6.07, 6.45) is 5.19. The van der Waals surface area contributed by atoms with E-state index >= 15 is 0 Å². The highest BCUT2D eigenvalue weighted by molar-refractivity contribution is 7.19.